The Hall–Kier alpha value is -0.680. The van der Waals surface area contributed by atoms with E-state index in [0.717, 1.165) is 17.9 Å². The van der Waals surface area contributed by atoms with Crippen LogP contribution in [0.25, 0.3) is 0 Å². The number of ether oxygens (including phenoxy) is 1. The summed E-state index contributed by atoms with van der Waals surface area (Å²) in [7, 11) is 0. The average molecular weight is 387 g/mol. The zero-order chi connectivity index (χ0) is 17.4. The lowest BCUT2D eigenvalue weighted by atomic mass is 10.2. The molecule has 6 heteroatoms. The molecule has 0 fully saturated rings. The van der Waals surface area contributed by atoms with Crippen LogP contribution in [0.1, 0.15) is 39.5 Å². The largest absolute Gasteiger partial charge is 0.362 e. The van der Waals surface area contributed by atoms with Crippen LogP contribution in [0.2, 0.25) is 10.0 Å². The van der Waals surface area contributed by atoms with Gasteiger partial charge in [-0.25, -0.2) is 4.98 Å². The first-order valence-corrected chi connectivity index (χ1v) is 9.83. The first-order chi connectivity index (χ1) is 11.5. The van der Waals surface area contributed by atoms with Gasteiger partial charge in [-0.15, -0.1) is 0 Å². The Morgan fingerprint density at radius 2 is 2.04 bits per heavy atom. The van der Waals surface area contributed by atoms with Crippen LogP contribution in [0, 0.1) is 0 Å². The first kappa shape index (κ1) is 19.6. The maximum Gasteiger partial charge on any atom is 0.133 e. The molecule has 0 bridgehead atoms. The van der Waals surface area contributed by atoms with Crippen LogP contribution in [0.15, 0.2) is 41.8 Å². The summed E-state index contributed by atoms with van der Waals surface area (Å²) in [6.45, 7) is 5.79. The van der Waals surface area contributed by atoms with Crippen LogP contribution in [0.3, 0.4) is 0 Å². The van der Waals surface area contributed by atoms with Gasteiger partial charge in [-0.1, -0.05) is 61.1 Å². The van der Waals surface area contributed by atoms with E-state index in [9.17, 15) is 0 Å². The van der Waals surface area contributed by atoms with E-state index in [1.165, 1.54) is 19.3 Å². The molecule has 2 rings (SSSR count). The summed E-state index contributed by atoms with van der Waals surface area (Å²) in [5, 5.41) is 1.13. The number of aromatic nitrogens is 2. The highest BCUT2D eigenvalue weighted by molar-refractivity contribution is 8.00. The van der Waals surface area contributed by atoms with E-state index in [2.05, 4.69) is 18.8 Å². The molecule has 1 aromatic carbocycles. The maximum atomic E-state index is 6.26. The van der Waals surface area contributed by atoms with Crippen molar-refractivity contribution in [2.24, 2.45) is 0 Å². The third-order valence-electron chi connectivity index (χ3n) is 3.66. The van der Waals surface area contributed by atoms with Crippen LogP contribution in [-0.4, -0.2) is 21.1 Å². The third-order valence-corrected chi connectivity index (χ3v) is 5.57. The molecule has 1 atom stereocenters. The van der Waals surface area contributed by atoms with Crippen molar-refractivity contribution in [3.05, 3.63) is 47.0 Å². The van der Waals surface area contributed by atoms with Gasteiger partial charge in [0.1, 0.15) is 4.93 Å². The minimum Gasteiger partial charge on any atom is -0.362 e. The molecule has 0 saturated carbocycles. The van der Waals surface area contributed by atoms with E-state index in [0.29, 0.717) is 16.6 Å². The van der Waals surface area contributed by atoms with E-state index in [4.69, 9.17) is 27.9 Å². The Balaban J connectivity index is 2.04. The monoisotopic (exact) mass is 386 g/mol. The summed E-state index contributed by atoms with van der Waals surface area (Å²) in [4.78, 5) is 4.76. The zero-order valence-corrected chi connectivity index (χ0v) is 16.5. The molecule has 0 aliphatic heterocycles. The number of rotatable bonds is 10. The summed E-state index contributed by atoms with van der Waals surface area (Å²) < 4.78 is 8.30. The van der Waals surface area contributed by atoms with E-state index in [1.54, 1.807) is 18.0 Å². The number of thioether (sulfide) groups is 1. The average Bonchev–Trinajstić information content (AvgIpc) is 3.03. The first-order valence-electron chi connectivity index (χ1n) is 8.26. The van der Waals surface area contributed by atoms with E-state index in [-0.39, 0.29) is 0 Å². The fourth-order valence-corrected chi connectivity index (χ4v) is 3.96. The lowest BCUT2D eigenvalue weighted by molar-refractivity contribution is 0.0247. The Bertz CT molecular complexity index is 621. The molecule has 2 aromatic rings. The van der Waals surface area contributed by atoms with Crippen LogP contribution in [-0.2, 0) is 11.3 Å². The standard InChI is InChI=1S/C18H24Cl2N2OS/c1-3-4-5-6-11-23-18(2,13-22-10-9-21-14-22)24-15-7-8-16(19)17(20)12-15/h7-10,12,14H,3-6,11,13H2,1-2H3. The number of benzene rings is 1. The van der Waals surface area contributed by atoms with E-state index >= 15 is 0 Å². The van der Waals surface area contributed by atoms with Crippen molar-refractivity contribution in [2.75, 3.05) is 6.61 Å². The normalized spacial score (nSPS) is 13.8. The molecular formula is C18H24Cl2N2OS. The number of hydrogen-bond donors (Lipinski definition) is 0. The van der Waals surface area contributed by atoms with Gasteiger partial charge >= 0.3 is 0 Å². The fraction of sp³-hybridized carbons (Fsp3) is 0.500. The Kier molecular flexibility index (Phi) is 7.95. The van der Waals surface area contributed by atoms with Gasteiger partial charge in [0.05, 0.1) is 22.9 Å². The minimum absolute atomic E-state index is 0.399. The van der Waals surface area contributed by atoms with Crippen molar-refractivity contribution in [2.45, 2.75) is 55.9 Å². The maximum absolute atomic E-state index is 6.26. The molecule has 24 heavy (non-hydrogen) atoms. The molecule has 0 aliphatic rings. The van der Waals surface area contributed by atoms with Gasteiger partial charge in [-0.05, 0) is 31.5 Å². The number of halogens is 2. The van der Waals surface area contributed by atoms with Gasteiger partial charge in [-0.3, -0.25) is 0 Å². The van der Waals surface area contributed by atoms with Gasteiger partial charge in [0.2, 0.25) is 0 Å². The van der Waals surface area contributed by atoms with Crippen LogP contribution in [0.5, 0.6) is 0 Å². The predicted molar refractivity (Wildman–Crippen MR) is 103 cm³/mol. The molecule has 3 nitrogen and oxygen atoms in total. The fourth-order valence-electron chi connectivity index (χ4n) is 2.43. The summed E-state index contributed by atoms with van der Waals surface area (Å²) in [6, 6.07) is 5.69. The molecular weight excluding hydrogens is 363 g/mol. The predicted octanol–water partition coefficient (Wildman–Crippen LogP) is 6.30. The Labute approximate surface area is 158 Å². The molecule has 0 radical (unpaired) electrons. The molecule has 1 aromatic heterocycles. The van der Waals surface area contributed by atoms with Crippen molar-refractivity contribution in [1.29, 1.82) is 0 Å². The molecule has 0 spiro atoms. The molecule has 0 saturated heterocycles. The molecule has 0 amide bonds. The second kappa shape index (κ2) is 9.71. The third kappa shape index (κ3) is 6.32. The zero-order valence-electron chi connectivity index (χ0n) is 14.2. The summed E-state index contributed by atoms with van der Waals surface area (Å²) in [5.74, 6) is 0. The van der Waals surface area contributed by atoms with Crippen molar-refractivity contribution in [1.82, 2.24) is 9.55 Å². The van der Waals surface area contributed by atoms with Gasteiger partial charge in [0.25, 0.3) is 0 Å². The quantitative estimate of drug-likeness (QED) is 0.272. The lowest BCUT2D eigenvalue weighted by Gasteiger charge is -2.30. The van der Waals surface area contributed by atoms with Gasteiger partial charge in [0.15, 0.2) is 0 Å². The molecule has 132 valence electrons. The highest BCUT2D eigenvalue weighted by Crippen LogP contribution is 2.38. The molecule has 1 unspecified atom stereocenters. The summed E-state index contributed by atoms with van der Waals surface area (Å²) >= 11 is 13.8. The van der Waals surface area contributed by atoms with Gasteiger partial charge < -0.3 is 9.30 Å². The van der Waals surface area contributed by atoms with Crippen molar-refractivity contribution in [3.8, 4) is 0 Å². The number of hydrogen-bond acceptors (Lipinski definition) is 3. The molecule has 0 N–H and O–H groups in total. The van der Waals surface area contributed by atoms with E-state index < -0.39 is 4.93 Å². The van der Waals surface area contributed by atoms with Crippen molar-refractivity contribution in [3.63, 3.8) is 0 Å². The second-order valence-corrected chi connectivity index (χ2v) is 8.31. The second-order valence-electron chi connectivity index (χ2n) is 5.96. The minimum atomic E-state index is -0.399. The van der Waals surface area contributed by atoms with Crippen molar-refractivity contribution < 1.29 is 4.74 Å². The van der Waals surface area contributed by atoms with E-state index in [1.807, 2.05) is 35.3 Å². The Morgan fingerprint density at radius 1 is 1.21 bits per heavy atom. The number of unbranched alkanes of at least 4 members (excludes halogenated alkanes) is 3. The smallest absolute Gasteiger partial charge is 0.133 e. The lowest BCUT2D eigenvalue weighted by Crippen LogP contribution is -2.30. The van der Waals surface area contributed by atoms with Crippen molar-refractivity contribution >= 4 is 35.0 Å². The van der Waals surface area contributed by atoms with Gasteiger partial charge in [0, 0.05) is 23.9 Å². The Morgan fingerprint density at radius 3 is 2.71 bits per heavy atom. The highest BCUT2D eigenvalue weighted by atomic mass is 35.5. The topological polar surface area (TPSA) is 27.1 Å². The highest BCUT2D eigenvalue weighted by Gasteiger charge is 2.27. The molecule has 0 aliphatic carbocycles. The number of nitrogens with zero attached hydrogens (tertiary/aromatic N) is 2. The van der Waals surface area contributed by atoms with Crippen LogP contribution >= 0.6 is 35.0 Å². The van der Waals surface area contributed by atoms with Crippen LogP contribution < -0.4 is 0 Å². The molecule has 1 heterocycles. The van der Waals surface area contributed by atoms with Gasteiger partial charge in [-0.2, -0.15) is 0 Å². The SMILES string of the molecule is CCCCCCOC(C)(Cn1ccnc1)Sc1ccc(Cl)c(Cl)c1. The summed E-state index contributed by atoms with van der Waals surface area (Å²) in [5.41, 5.74) is 0. The van der Waals surface area contributed by atoms with Crippen LogP contribution in [0.4, 0.5) is 0 Å². The summed E-state index contributed by atoms with van der Waals surface area (Å²) in [6.07, 6.45) is 10.3. The number of imidazole rings is 1.